The van der Waals surface area contributed by atoms with Crippen molar-refractivity contribution in [3.63, 3.8) is 0 Å². The first kappa shape index (κ1) is 15.8. The number of nitrogens with one attached hydrogen (secondary N) is 1. The number of nitrogens with zero attached hydrogens (tertiary/aromatic N) is 1. The second-order valence-corrected chi connectivity index (χ2v) is 5.04. The van der Waals surface area contributed by atoms with Crippen molar-refractivity contribution in [1.29, 1.82) is 0 Å². The summed E-state index contributed by atoms with van der Waals surface area (Å²) in [6.07, 6.45) is 4.77. The van der Waals surface area contributed by atoms with Crippen LogP contribution in [-0.2, 0) is 0 Å². The highest BCUT2D eigenvalue weighted by Crippen LogP contribution is 2.21. The van der Waals surface area contributed by atoms with Crippen molar-refractivity contribution in [2.75, 3.05) is 6.61 Å². The van der Waals surface area contributed by atoms with Crippen molar-refractivity contribution >= 4 is 5.91 Å². The molecule has 0 radical (unpaired) electrons. The highest BCUT2D eigenvalue weighted by molar-refractivity contribution is 5.94. The van der Waals surface area contributed by atoms with Crippen molar-refractivity contribution in [3.8, 4) is 11.5 Å². The third kappa shape index (κ3) is 3.80. The first-order valence-corrected chi connectivity index (χ1v) is 7.39. The van der Waals surface area contributed by atoms with Gasteiger partial charge in [-0.15, -0.1) is 0 Å². The van der Waals surface area contributed by atoms with E-state index in [1.807, 2.05) is 0 Å². The third-order valence-corrected chi connectivity index (χ3v) is 3.36. The Balaban J connectivity index is 1.65. The topological polar surface area (TPSA) is 84.6 Å². The Labute approximate surface area is 138 Å². The number of hydrogen-bond acceptors (Lipinski definition) is 5. The van der Waals surface area contributed by atoms with Crippen molar-refractivity contribution in [2.45, 2.75) is 6.04 Å². The molecule has 1 amide bonds. The number of rotatable bonds is 6. The van der Waals surface area contributed by atoms with E-state index in [1.54, 1.807) is 60.9 Å². The van der Waals surface area contributed by atoms with Gasteiger partial charge in [0.2, 0.25) is 0 Å². The summed E-state index contributed by atoms with van der Waals surface area (Å²) in [6.45, 7) is -0.249. The normalized spacial score (nSPS) is 11.7. The molecule has 0 aliphatic heterocycles. The number of ether oxygens (including phenoxy) is 1. The van der Waals surface area contributed by atoms with Crippen LogP contribution in [0.3, 0.4) is 0 Å². The number of furan rings is 1. The van der Waals surface area contributed by atoms with Crippen molar-refractivity contribution < 1.29 is 19.1 Å². The second kappa shape index (κ2) is 7.43. The van der Waals surface area contributed by atoms with Crippen LogP contribution in [0, 0.1) is 0 Å². The Hall–Kier alpha value is -3.12. The first-order valence-electron chi connectivity index (χ1n) is 7.39. The lowest BCUT2D eigenvalue weighted by Crippen LogP contribution is -2.30. The van der Waals surface area contributed by atoms with Gasteiger partial charge in [-0.05, 0) is 48.5 Å². The first-order chi connectivity index (χ1) is 11.8. The van der Waals surface area contributed by atoms with Gasteiger partial charge in [0.25, 0.3) is 5.91 Å². The summed E-state index contributed by atoms with van der Waals surface area (Å²) in [5, 5.41) is 12.1. The van der Waals surface area contributed by atoms with Gasteiger partial charge in [-0.25, -0.2) is 0 Å². The van der Waals surface area contributed by atoms with Gasteiger partial charge < -0.3 is 19.6 Å². The van der Waals surface area contributed by atoms with Gasteiger partial charge in [-0.1, -0.05) is 0 Å². The van der Waals surface area contributed by atoms with E-state index in [-0.39, 0.29) is 12.5 Å². The summed E-state index contributed by atoms with van der Waals surface area (Å²) in [6, 6.07) is 13.1. The van der Waals surface area contributed by atoms with Crippen molar-refractivity contribution in [2.24, 2.45) is 0 Å². The SMILES string of the molecule is O=C(NC(CO)c1ccco1)c1ccc(Oc2cccnc2)cc1. The summed E-state index contributed by atoms with van der Waals surface area (Å²) in [5.74, 6) is 1.41. The lowest BCUT2D eigenvalue weighted by Gasteiger charge is -2.14. The lowest BCUT2D eigenvalue weighted by atomic mass is 10.1. The highest BCUT2D eigenvalue weighted by atomic mass is 16.5. The maximum atomic E-state index is 12.3. The molecule has 1 atom stereocenters. The molecular formula is C18H16N2O4. The van der Waals surface area contributed by atoms with Crippen LogP contribution < -0.4 is 10.1 Å². The van der Waals surface area contributed by atoms with Crippen LogP contribution in [0.5, 0.6) is 11.5 Å². The average Bonchev–Trinajstić information content (AvgIpc) is 3.15. The predicted molar refractivity (Wildman–Crippen MR) is 86.8 cm³/mol. The average molecular weight is 324 g/mol. The molecule has 0 saturated heterocycles. The van der Waals surface area contributed by atoms with Gasteiger partial charge in [-0.2, -0.15) is 0 Å². The number of aliphatic hydroxyl groups is 1. The van der Waals surface area contributed by atoms with Crippen LogP contribution in [0.15, 0.2) is 71.6 Å². The number of pyridine rings is 1. The van der Waals surface area contributed by atoms with E-state index in [2.05, 4.69) is 10.3 Å². The number of aliphatic hydroxyl groups excluding tert-OH is 1. The maximum absolute atomic E-state index is 12.3. The van der Waals surface area contributed by atoms with Crippen LogP contribution >= 0.6 is 0 Å². The molecule has 0 fully saturated rings. The third-order valence-electron chi connectivity index (χ3n) is 3.36. The molecule has 2 heterocycles. The molecule has 2 N–H and O–H groups in total. The Bertz CT molecular complexity index is 771. The van der Waals surface area contributed by atoms with Crippen molar-refractivity contribution in [1.82, 2.24) is 10.3 Å². The number of benzene rings is 1. The number of carbonyl (C=O) groups is 1. The Morgan fingerprint density at radius 3 is 2.62 bits per heavy atom. The minimum Gasteiger partial charge on any atom is -0.467 e. The molecule has 0 saturated carbocycles. The summed E-state index contributed by atoms with van der Waals surface area (Å²) >= 11 is 0. The monoisotopic (exact) mass is 324 g/mol. The van der Waals surface area contributed by atoms with Crippen molar-refractivity contribution in [3.05, 3.63) is 78.5 Å². The van der Waals surface area contributed by atoms with Crippen LogP contribution in [0.2, 0.25) is 0 Å². The number of hydrogen-bond donors (Lipinski definition) is 2. The van der Waals surface area contributed by atoms with Gasteiger partial charge >= 0.3 is 0 Å². The van der Waals surface area contributed by atoms with E-state index in [9.17, 15) is 9.90 Å². The van der Waals surface area contributed by atoms with Crippen LogP contribution in [-0.4, -0.2) is 22.6 Å². The molecule has 3 rings (SSSR count). The molecular weight excluding hydrogens is 308 g/mol. The zero-order valence-electron chi connectivity index (χ0n) is 12.8. The smallest absolute Gasteiger partial charge is 0.251 e. The zero-order valence-corrected chi connectivity index (χ0v) is 12.8. The van der Waals surface area contributed by atoms with Gasteiger partial charge in [-0.3, -0.25) is 9.78 Å². The van der Waals surface area contributed by atoms with Gasteiger partial charge in [0.05, 0.1) is 19.1 Å². The van der Waals surface area contributed by atoms with E-state index in [0.717, 1.165) is 0 Å². The summed E-state index contributed by atoms with van der Waals surface area (Å²) in [7, 11) is 0. The molecule has 0 aliphatic carbocycles. The largest absolute Gasteiger partial charge is 0.467 e. The van der Waals surface area contributed by atoms with E-state index in [4.69, 9.17) is 9.15 Å². The summed E-state index contributed by atoms with van der Waals surface area (Å²) < 4.78 is 10.8. The molecule has 122 valence electrons. The second-order valence-electron chi connectivity index (χ2n) is 5.04. The molecule has 24 heavy (non-hydrogen) atoms. The fourth-order valence-corrected chi connectivity index (χ4v) is 2.16. The number of carbonyl (C=O) groups excluding carboxylic acids is 1. The Kier molecular flexibility index (Phi) is 4.88. The molecule has 0 aliphatic rings. The number of aromatic nitrogens is 1. The van der Waals surface area contributed by atoms with Gasteiger partial charge in [0.15, 0.2) is 0 Å². The fraction of sp³-hybridized carbons (Fsp3) is 0.111. The summed E-state index contributed by atoms with van der Waals surface area (Å²) in [5.41, 5.74) is 0.457. The zero-order chi connectivity index (χ0) is 16.8. The fourth-order valence-electron chi connectivity index (χ4n) is 2.16. The molecule has 1 unspecified atom stereocenters. The maximum Gasteiger partial charge on any atom is 0.251 e. The Morgan fingerprint density at radius 1 is 1.17 bits per heavy atom. The van der Waals surface area contributed by atoms with E-state index < -0.39 is 6.04 Å². The van der Waals surface area contributed by atoms with E-state index in [1.165, 1.54) is 6.26 Å². The molecule has 2 aromatic heterocycles. The lowest BCUT2D eigenvalue weighted by molar-refractivity contribution is 0.0907. The number of amides is 1. The summed E-state index contributed by atoms with van der Waals surface area (Å²) in [4.78, 5) is 16.2. The minimum atomic E-state index is -0.584. The molecule has 0 spiro atoms. The molecule has 6 nitrogen and oxygen atoms in total. The van der Waals surface area contributed by atoms with E-state index >= 15 is 0 Å². The predicted octanol–water partition coefficient (Wildman–Crippen LogP) is 2.93. The van der Waals surface area contributed by atoms with Gasteiger partial charge in [0, 0.05) is 11.8 Å². The Morgan fingerprint density at radius 2 is 2.00 bits per heavy atom. The molecule has 3 aromatic rings. The van der Waals surface area contributed by atoms with Crippen LogP contribution in [0.25, 0.3) is 0 Å². The highest BCUT2D eigenvalue weighted by Gasteiger charge is 2.17. The van der Waals surface area contributed by atoms with Crippen LogP contribution in [0.1, 0.15) is 22.2 Å². The molecule has 0 bridgehead atoms. The molecule has 6 heteroatoms. The minimum absolute atomic E-state index is 0.249. The standard InChI is InChI=1S/C18H16N2O4/c21-12-16(17-4-2-10-23-17)20-18(22)13-5-7-14(8-6-13)24-15-3-1-9-19-11-15/h1-11,16,21H,12H2,(H,20,22). The van der Waals surface area contributed by atoms with Gasteiger partial charge in [0.1, 0.15) is 23.3 Å². The quantitative estimate of drug-likeness (QED) is 0.728. The molecule has 1 aromatic carbocycles. The van der Waals surface area contributed by atoms with Crippen LogP contribution in [0.4, 0.5) is 0 Å². The van der Waals surface area contributed by atoms with E-state index in [0.29, 0.717) is 22.8 Å².